The van der Waals surface area contributed by atoms with E-state index in [1.807, 2.05) is 18.6 Å². The summed E-state index contributed by atoms with van der Waals surface area (Å²) in [7, 11) is -1.69. The van der Waals surface area contributed by atoms with E-state index in [2.05, 4.69) is 15.4 Å². The normalized spacial score (nSPS) is 11.5. The van der Waals surface area contributed by atoms with Crippen LogP contribution in [-0.2, 0) is 16.9 Å². The Morgan fingerprint density at radius 1 is 1.31 bits per heavy atom. The van der Waals surface area contributed by atoms with Crippen molar-refractivity contribution >= 4 is 32.2 Å². The Kier molecular flexibility index (Phi) is 5.19. The summed E-state index contributed by atoms with van der Waals surface area (Å²) in [4.78, 5) is 17.0. The van der Waals surface area contributed by atoms with Crippen LogP contribution in [0.5, 0.6) is 0 Å². The highest BCUT2D eigenvalue weighted by Crippen LogP contribution is 2.25. The molecule has 1 amide bonds. The van der Waals surface area contributed by atoms with Crippen molar-refractivity contribution in [1.29, 1.82) is 0 Å². The molecule has 1 aromatic carbocycles. The average molecular weight is 390 g/mol. The van der Waals surface area contributed by atoms with E-state index in [1.165, 1.54) is 23.5 Å². The van der Waals surface area contributed by atoms with Crippen molar-refractivity contribution < 1.29 is 13.2 Å². The highest BCUT2D eigenvalue weighted by Gasteiger charge is 2.22. The molecule has 0 saturated heterocycles. The number of amides is 1. The Balaban J connectivity index is 1.85. The highest BCUT2D eigenvalue weighted by atomic mass is 32.2. The molecular weight excluding hydrogens is 372 g/mol. The summed E-state index contributed by atoms with van der Waals surface area (Å²) in [6.45, 7) is 1.79. The molecule has 7 nitrogen and oxygen atoms in total. The standard InChI is InChI=1S/C17H18N4O3S2/c1-3-8-26(23,24)15-7-5-4-6-13(15)16(22)20-17-19-14(11-25-17)12-9-18-21(2)10-12/h4-7,9-11H,3,8H2,1-2H3,(H,19,20,22). The number of aromatic nitrogens is 3. The van der Waals surface area contributed by atoms with Crippen LogP contribution in [0.3, 0.4) is 0 Å². The quantitative estimate of drug-likeness (QED) is 0.698. The van der Waals surface area contributed by atoms with Crippen LogP contribution >= 0.6 is 11.3 Å². The number of hydrogen-bond acceptors (Lipinski definition) is 6. The second kappa shape index (κ2) is 7.38. The number of aryl methyl sites for hydroxylation is 1. The van der Waals surface area contributed by atoms with Gasteiger partial charge in [-0.2, -0.15) is 5.10 Å². The lowest BCUT2D eigenvalue weighted by atomic mass is 10.2. The fraction of sp³-hybridized carbons (Fsp3) is 0.235. The lowest BCUT2D eigenvalue weighted by Gasteiger charge is -2.09. The maximum Gasteiger partial charge on any atom is 0.258 e. The summed E-state index contributed by atoms with van der Waals surface area (Å²) in [5.74, 6) is -0.493. The van der Waals surface area contributed by atoms with Gasteiger partial charge < -0.3 is 0 Å². The van der Waals surface area contributed by atoms with Crippen LogP contribution in [0.2, 0.25) is 0 Å². The lowest BCUT2D eigenvalue weighted by Crippen LogP contribution is -2.17. The SMILES string of the molecule is CCCS(=O)(=O)c1ccccc1C(=O)Nc1nc(-c2cnn(C)c2)cs1. The smallest absolute Gasteiger partial charge is 0.258 e. The number of nitrogens with one attached hydrogen (secondary N) is 1. The zero-order valence-electron chi connectivity index (χ0n) is 14.3. The second-order valence-corrected chi connectivity index (χ2v) is 8.65. The van der Waals surface area contributed by atoms with Crippen LogP contribution in [0, 0.1) is 0 Å². The molecule has 0 fully saturated rings. The molecule has 0 unspecified atom stereocenters. The molecule has 0 aliphatic carbocycles. The molecule has 2 aromatic heterocycles. The van der Waals surface area contributed by atoms with Gasteiger partial charge in [-0.25, -0.2) is 13.4 Å². The van der Waals surface area contributed by atoms with Gasteiger partial charge in [0, 0.05) is 24.2 Å². The molecule has 0 radical (unpaired) electrons. The van der Waals surface area contributed by atoms with Gasteiger partial charge in [0.05, 0.1) is 28.1 Å². The minimum absolute atomic E-state index is 0.000297. The zero-order chi connectivity index (χ0) is 18.7. The van der Waals surface area contributed by atoms with Gasteiger partial charge in [0.2, 0.25) is 0 Å². The number of carbonyl (C=O) groups is 1. The predicted octanol–water partition coefficient (Wildman–Crippen LogP) is 2.98. The number of thiazole rings is 1. The summed E-state index contributed by atoms with van der Waals surface area (Å²) in [6, 6.07) is 6.22. The van der Waals surface area contributed by atoms with Gasteiger partial charge in [0.1, 0.15) is 0 Å². The zero-order valence-corrected chi connectivity index (χ0v) is 16.0. The molecule has 9 heteroatoms. The average Bonchev–Trinajstić information content (AvgIpc) is 3.23. The van der Waals surface area contributed by atoms with Crippen LogP contribution in [0.1, 0.15) is 23.7 Å². The van der Waals surface area contributed by atoms with Crippen molar-refractivity contribution in [3.63, 3.8) is 0 Å². The Bertz CT molecular complexity index is 1040. The largest absolute Gasteiger partial charge is 0.298 e. The van der Waals surface area contributed by atoms with E-state index < -0.39 is 15.7 Å². The first kappa shape index (κ1) is 18.3. The van der Waals surface area contributed by atoms with Gasteiger partial charge in [0.15, 0.2) is 15.0 Å². The maximum atomic E-state index is 12.6. The minimum Gasteiger partial charge on any atom is -0.298 e. The van der Waals surface area contributed by atoms with Crippen LogP contribution in [-0.4, -0.2) is 34.8 Å². The molecule has 0 bridgehead atoms. The van der Waals surface area contributed by atoms with E-state index in [1.54, 1.807) is 29.9 Å². The number of sulfone groups is 1. The molecule has 0 spiro atoms. The summed E-state index contributed by atoms with van der Waals surface area (Å²) in [5, 5.41) is 8.99. The summed E-state index contributed by atoms with van der Waals surface area (Å²) >= 11 is 1.27. The second-order valence-electron chi connectivity index (χ2n) is 5.71. The minimum atomic E-state index is -3.50. The van der Waals surface area contributed by atoms with E-state index in [-0.39, 0.29) is 16.2 Å². The van der Waals surface area contributed by atoms with Gasteiger partial charge >= 0.3 is 0 Å². The number of nitrogens with zero attached hydrogens (tertiary/aromatic N) is 3. The van der Waals surface area contributed by atoms with Gasteiger partial charge in [0.25, 0.3) is 5.91 Å². The van der Waals surface area contributed by atoms with Crippen LogP contribution in [0.4, 0.5) is 5.13 Å². The van der Waals surface area contributed by atoms with Crippen molar-refractivity contribution in [2.45, 2.75) is 18.2 Å². The Labute approximate surface area is 155 Å². The molecular formula is C17H18N4O3S2. The Morgan fingerprint density at radius 3 is 2.77 bits per heavy atom. The summed E-state index contributed by atoms with van der Waals surface area (Å²) in [5.41, 5.74) is 1.67. The third kappa shape index (κ3) is 3.83. The lowest BCUT2D eigenvalue weighted by molar-refractivity contribution is 0.102. The van der Waals surface area contributed by atoms with Gasteiger partial charge in [-0.05, 0) is 18.6 Å². The highest BCUT2D eigenvalue weighted by molar-refractivity contribution is 7.91. The molecule has 1 N–H and O–H groups in total. The Hall–Kier alpha value is -2.52. The molecule has 0 atom stereocenters. The fourth-order valence-electron chi connectivity index (χ4n) is 2.49. The molecule has 136 valence electrons. The van der Waals surface area contributed by atoms with Crippen LogP contribution in [0.15, 0.2) is 46.9 Å². The van der Waals surface area contributed by atoms with Crippen LogP contribution < -0.4 is 5.32 Å². The molecule has 3 rings (SSSR count). The predicted molar refractivity (Wildman–Crippen MR) is 101 cm³/mol. The number of rotatable bonds is 6. The topological polar surface area (TPSA) is 93.9 Å². The number of hydrogen-bond donors (Lipinski definition) is 1. The van der Waals surface area contributed by atoms with Crippen molar-refractivity contribution in [3.05, 3.63) is 47.6 Å². The third-order valence-corrected chi connectivity index (χ3v) is 6.39. The van der Waals surface area contributed by atoms with Crippen LogP contribution in [0.25, 0.3) is 11.3 Å². The van der Waals surface area contributed by atoms with E-state index in [9.17, 15) is 13.2 Å². The monoisotopic (exact) mass is 390 g/mol. The van der Waals surface area contributed by atoms with Crippen molar-refractivity contribution in [2.75, 3.05) is 11.1 Å². The van der Waals surface area contributed by atoms with Crippen molar-refractivity contribution in [3.8, 4) is 11.3 Å². The van der Waals surface area contributed by atoms with Gasteiger partial charge in [-0.1, -0.05) is 19.1 Å². The molecule has 0 saturated carbocycles. The molecule has 3 aromatic rings. The first-order chi connectivity index (χ1) is 12.4. The van der Waals surface area contributed by atoms with Crippen molar-refractivity contribution in [2.24, 2.45) is 7.05 Å². The van der Waals surface area contributed by atoms with Crippen molar-refractivity contribution in [1.82, 2.24) is 14.8 Å². The summed E-state index contributed by atoms with van der Waals surface area (Å²) in [6.07, 6.45) is 4.00. The number of benzene rings is 1. The third-order valence-electron chi connectivity index (χ3n) is 3.66. The first-order valence-corrected chi connectivity index (χ1v) is 10.5. The van der Waals surface area contributed by atoms with E-state index >= 15 is 0 Å². The van der Waals surface area contributed by atoms with Gasteiger partial charge in [-0.15, -0.1) is 11.3 Å². The van der Waals surface area contributed by atoms with E-state index in [0.29, 0.717) is 17.2 Å². The molecule has 0 aliphatic heterocycles. The molecule has 0 aliphatic rings. The van der Waals surface area contributed by atoms with Gasteiger partial charge in [-0.3, -0.25) is 14.8 Å². The number of anilines is 1. The Morgan fingerprint density at radius 2 is 2.08 bits per heavy atom. The summed E-state index contributed by atoms with van der Waals surface area (Å²) < 4.78 is 26.5. The van der Waals surface area contributed by atoms with E-state index in [0.717, 1.165) is 5.56 Å². The van der Waals surface area contributed by atoms with E-state index in [4.69, 9.17) is 0 Å². The molecule has 2 heterocycles. The number of carbonyl (C=O) groups excluding carboxylic acids is 1. The first-order valence-electron chi connectivity index (χ1n) is 7.98. The fourth-order valence-corrected chi connectivity index (χ4v) is 4.74. The molecule has 26 heavy (non-hydrogen) atoms. The maximum absolute atomic E-state index is 12.6.